The van der Waals surface area contributed by atoms with E-state index in [0.717, 1.165) is 16.5 Å². The van der Waals surface area contributed by atoms with Gasteiger partial charge in [-0.2, -0.15) is 0 Å². The summed E-state index contributed by atoms with van der Waals surface area (Å²) in [6.07, 6.45) is 2.02. The summed E-state index contributed by atoms with van der Waals surface area (Å²) in [7, 11) is 1.34. The van der Waals surface area contributed by atoms with Gasteiger partial charge in [-0.25, -0.2) is 0 Å². The Bertz CT molecular complexity index is 745. The van der Waals surface area contributed by atoms with E-state index in [1.165, 1.54) is 18.2 Å². The fourth-order valence-electron chi connectivity index (χ4n) is 2.89. The maximum absolute atomic E-state index is 12.2. The average molecular weight is 331 g/mol. The molecule has 0 spiro atoms. The third-order valence-electron chi connectivity index (χ3n) is 4.12. The van der Waals surface area contributed by atoms with E-state index in [2.05, 4.69) is 36.9 Å². The Morgan fingerprint density at radius 1 is 1.25 bits per heavy atom. The average Bonchev–Trinajstić information content (AvgIpc) is 2.87. The molecule has 5 nitrogen and oxygen atoms in total. The zero-order chi connectivity index (χ0) is 17.9. The van der Waals surface area contributed by atoms with Crippen molar-refractivity contribution in [2.75, 3.05) is 7.11 Å². The molecule has 2 rings (SSSR count). The van der Waals surface area contributed by atoms with Crippen LogP contribution < -0.4 is 5.32 Å². The van der Waals surface area contributed by atoms with Crippen LogP contribution >= 0.6 is 0 Å². The summed E-state index contributed by atoms with van der Waals surface area (Å²) < 4.78 is 10.2. The molecule has 0 saturated heterocycles. The lowest BCUT2D eigenvalue weighted by molar-refractivity contribution is -0.141. The Kier molecular flexibility index (Phi) is 5.65. The summed E-state index contributed by atoms with van der Waals surface area (Å²) in [5.41, 5.74) is 4.09. The molecule has 5 heteroatoms. The van der Waals surface area contributed by atoms with Crippen molar-refractivity contribution in [3.63, 3.8) is 0 Å². The van der Waals surface area contributed by atoms with Crippen molar-refractivity contribution in [1.29, 1.82) is 0 Å². The fourth-order valence-corrected chi connectivity index (χ4v) is 2.89. The van der Waals surface area contributed by atoms with Crippen LogP contribution in [0.2, 0.25) is 0 Å². The second-order valence-corrected chi connectivity index (χ2v) is 6.55. The number of aryl methyl sites for hydroxylation is 1. The number of esters is 1. The van der Waals surface area contributed by atoms with Gasteiger partial charge in [0, 0.05) is 17.0 Å². The molecule has 2 aromatic rings. The number of benzene rings is 1. The standard InChI is InChI=1S/C19H25NO4/c1-11(2)15-9-16-14(10-24-17(16)6-12(15)3)8-18(21)20-13(4)7-19(22)23-5/h6,9-11,13H,7-8H2,1-5H3,(H,20,21). The molecule has 0 aliphatic heterocycles. The van der Waals surface area contributed by atoms with Crippen LogP contribution in [-0.4, -0.2) is 25.0 Å². The molecule has 0 aliphatic rings. The first-order valence-corrected chi connectivity index (χ1v) is 8.18. The minimum Gasteiger partial charge on any atom is -0.469 e. The molecule has 0 fully saturated rings. The van der Waals surface area contributed by atoms with Crippen LogP contribution in [0, 0.1) is 6.92 Å². The number of nitrogens with one attached hydrogen (secondary N) is 1. The molecule has 130 valence electrons. The van der Waals surface area contributed by atoms with Gasteiger partial charge in [-0.3, -0.25) is 9.59 Å². The Balaban J connectivity index is 2.13. The molecule has 0 saturated carbocycles. The number of hydrogen-bond donors (Lipinski definition) is 1. The molecule has 1 N–H and O–H groups in total. The molecule has 0 bridgehead atoms. The fraction of sp³-hybridized carbons (Fsp3) is 0.474. The SMILES string of the molecule is COC(=O)CC(C)NC(=O)Cc1coc2cc(C)c(C(C)C)cc12. The molecule has 1 unspecified atom stereocenters. The van der Waals surface area contributed by atoms with Gasteiger partial charge in [-0.15, -0.1) is 0 Å². The maximum atomic E-state index is 12.2. The zero-order valence-corrected chi connectivity index (χ0v) is 14.9. The predicted molar refractivity (Wildman–Crippen MR) is 93.0 cm³/mol. The summed E-state index contributed by atoms with van der Waals surface area (Å²) in [4.78, 5) is 23.5. The molecule has 0 radical (unpaired) electrons. The number of methoxy groups -OCH3 is 1. The van der Waals surface area contributed by atoms with Crippen molar-refractivity contribution < 1.29 is 18.7 Å². The van der Waals surface area contributed by atoms with Crippen molar-refractivity contribution in [2.24, 2.45) is 0 Å². The highest BCUT2D eigenvalue weighted by Gasteiger charge is 2.16. The second-order valence-electron chi connectivity index (χ2n) is 6.55. The molecular formula is C19H25NO4. The van der Waals surface area contributed by atoms with Crippen molar-refractivity contribution in [1.82, 2.24) is 5.32 Å². The summed E-state index contributed by atoms with van der Waals surface area (Å²) in [6, 6.07) is 3.86. The number of rotatable bonds is 6. The second kappa shape index (κ2) is 7.51. The third-order valence-corrected chi connectivity index (χ3v) is 4.12. The first-order valence-electron chi connectivity index (χ1n) is 8.18. The quantitative estimate of drug-likeness (QED) is 0.823. The first kappa shape index (κ1) is 18.0. The van der Waals surface area contributed by atoms with E-state index in [9.17, 15) is 9.59 Å². The Labute approximate surface area is 142 Å². The summed E-state index contributed by atoms with van der Waals surface area (Å²) >= 11 is 0. The molecule has 24 heavy (non-hydrogen) atoms. The number of furan rings is 1. The number of carbonyl (C=O) groups is 2. The molecule has 1 amide bonds. The molecule has 1 heterocycles. The van der Waals surface area contributed by atoms with Crippen molar-refractivity contribution in [3.05, 3.63) is 35.1 Å². The first-order chi connectivity index (χ1) is 11.3. The molecule has 1 atom stereocenters. The van der Waals surface area contributed by atoms with Gasteiger partial charge < -0.3 is 14.5 Å². The van der Waals surface area contributed by atoms with Gasteiger partial charge in [0.2, 0.25) is 5.91 Å². The van der Waals surface area contributed by atoms with Crippen molar-refractivity contribution in [2.45, 2.75) is 52.5 Å². The van der Waals surface area contributed by atoms with E-state index in [4.69, 9.17) is 4.42 Å². The molecule has 1 aromatic heterocycles. The molecule has 0 aliphatic carbocycles. The van der Waals surface area contributed by atoms with Gasteiger partial charge >= 0.3 is 5.97 Å². The minimum atomic E-state index is -0.339. The van der Waals surface area contributed by atoms with Crippen molar-refractivity contribution >= 4 is 22.8 Å². The molecule has 1 aromatic carbocycles. The van der Waals surface area contributed by atoms with Crippen LogP contribution in [-0.2, 0) is 20.7 Å². The number of amides is 1. The number of ether oxygens (including phenoxy) is 1. The van der Waals surface area contributed by atoms with Crippen LogP contribution in [0.4, 0.5) is 0 Å². The normalized spacial score (nSPS) is 12.4. The highest BCUT2D eigenvalue weighted by Crippen LogP contribution is 2.29. The van der Waals surface area contributed by atoms with Gasteiger partial charge in [0.05, 0.1) is 26.2 Å². The van der Waals surface area contributed by atoms with Gasteiger partial charge in [0.25, 0.3) is 0 Å². The van der Waals surface area contributed by atoms with Crippen LogP contribution in [0.5, 0.6) is 0 Å². The largest absolute Gasteiger partial charge is 0.469 e. The summed E-state index contributed by atoms with van der Waals surface area (Å²) in [6.45, 7) is 8.14. The van der Waals surface area contributed by atoms with E-state index in [1.54, 1.807) is 13.2 Å². The topological polar surface area (TPSA) is 68.5 Å². The smallest absolute Gasteiger partial charge is 0.307 e. The number of hydrogen-bond acceptors (Lipinski definition) is 4. The van der Waals surface area contributed by atoms with Crippen LogP contribution in [0.1, 0.15) is 49.8 Å². The number of carbonyl (C=O) groups excluding carboxylic acids is 2. The summed E-state index contributed by atoms with van der Waals surface area (Å²) in [5.74, 6) is -0.0690. The maximum Gasteiger partial charge on any atom is 0.307 e. The van der Waals surface area contributed by atoms with Crippen molar-refractivity contribution in [3.8, 4) is 0 Å². The molecular weight excluding hydrogens is 306 g/mol. The highest BCUT2D eigenvalue weighted by atomic mass is 16.5. The van der Waals surface area contributed by atoms with E-state index >= 15 is 0 Å². The van der Waals surface area contributed by atoms with Gasteiger partial charge in [0.1, 0.15) is 5.58 Å². The lowest BCUT2D eigenvalue weighted by atomic mass is 9.95. The zero-order valence-electron chi connectivity index (χ0n) is 14.9. The van der Waals surface area contributed by atoms with Crippen LogP contribution in [0.15, 0.2) is 22.8 Å². The number of fused-ring (bicyclic) bond motifs is 1. The van der Waals surface area contributed by atoms with Gasteiger partial charge in [-0.05, 0) is 43.0 Å². The minimum absolute atomic E-state index is 0.138. The monoisotopic (exact) mass is 331 g/mol. The lowest BCUT2D eigenvalue weighted by Gasteiger charge is -2.12. The van der Waals surface area contributed by atoms with Gasteiger partial charge in [-0.1, -0.05) is 13.8 Å². The summed E-state index contributed by atoms with van der Waals surface area (Å²) in [5, 5.41) is 3.79. The van der Waals surface area contributed by atoms with Gasteiger partial charge in [0.15, 0.2) is 0 Å². The third kappa shape index (κ3) is 4.16. The predicted octanol–water partition coefficient (Wildman–Crippen LogP) is 3.47. The van der Waals surface area contributed by atoms with E-state index in [-0.39, 0.29) is 30.8 Å². The Hall–Kier alpha value is -2.30. The van der Waals surface area contributed by atoms with Crippen LogP contribution in [0.3, 0.4) is 0 Å². The lowest BCUT2D eigenvalue weighted by Crippen LogP contribution is -2.35. The van der Waals surface area contributed by atoms with E-state index in [1.807, 2.05) is 6.07 Å². The van der Waals surface area contributed by atoms with E-state index in [0.29, 0.717) is 5.92 Å². The highest BCUT2D eigenvalue weighted by molar-refractivity contribution is 5.88. The Morgan fingerprint density at radius 2 is 1.96 bits per heavy atom. The van der Waals surface area contributed by atoms with E-state index < -0.39 is 0 Å². The Morgan fingerprint density at radius 3 is 2.58 bits per heavy atom. The van der Waals surface area contributed by atoms with Crippen LogP contribution in [0.25, 0.3) is 11.0 Å².